The summed E-state index contributed by atoms with van der Waals surface area (Å²) in [6.07, 6.45) is 4.63. The molecular formula is C18H33N3O4Si. The van der Waals surface area contributed by atoms with Crippen molar-refractivity contribution < 1.29 is 18.8 Å². The summed E-state index contributed by atoms with van der Waals surface area (Å²) in [6, 6.07) is -0.143. The van der Waals surface area contributed by atoms with Gasteiger partial charge in [-0.1, -0.05) is 33.6 Å². The first-order valence-electron chi connectivity index (χ1n) is 9.43. The summed E-state index contributed by atoms with van der Waals surface area (Å²) >= 11 is 0. The fourth-order valence-corrected chi connectivity index (χ4v) is 4.32. The van der Waals surface area contributed by atoms with Crippen molar-refractivity contribution in [1.29, 1.82) is 0 Å². The summed E-state index contributed by atoms with van der Waals surface area (Å²) < 4.78 is 11.2. The Bertz CT molecular complexity index is 583. The topological polar surface area (TPSA) is 94.2 Å². The zero-order chi connectivity index (χ0) is 19.8. The van der Waals surface area contributed by atoms with Gasteiger partial charge >= 0.3 is 5.97 Å². The number of rotatable bonds is 7. The van der Waals surface area contributed by atoms with Crippen molar-refractivity contribution in [3.8, 4) is 0 Å². The normalized spacial score (nSPS) is 27.4. The second-order valence-corrected chi connectivity index (χ2v) is 13.7. The standard InChI is InChI=1S/C18H33N3O4Si/c1-7-24-15(22)12-20-21-14(10-13-8-9-13)11-18(19,16(21)23)25-26(5,6)17(2,3)4/h12-14H,7-11,19H2,1-6H3/b20-12-. The molecule has 0 aromatic carbocycles. The van der Waals surface area contributed by atoms with E-state index in [2.05, 4.69) is 39.0 Å². The molecule has 2 unspecified atom stereocenters. The van der Waals surface area contributed by atoms with Crippen LogP contribution < -0.4 is 5.73 Å². The fourth-order valence-electron chi connectivity index (χ4n) is 2.93. The Labute approximate surface area is 157 Å². The lowest BCUT2D eigenvalue weighted by Gasteiger charge is -2.41. The predicted octanol–water partition coefficient (Wildman–Crippen LogP) is 2.61. The van der Waals surface area contributed by atoms with Crippen LogP contribution in [-0.2, 0) is 18.8 Å². The summed E-state index contributed by atoms with van der Waals surface area (Å²) in [5.74, 6) is -0.331. The van der Waals surface area contributed by atoms with Crippen LogP contribution in [0.15, 0.2) is 5.10 Å². The Balaban J connectivity index is 2.21. The molecule has 2 atom stereocenters. The number of carbonyl (C=O) groups is 2. The van der Waals surface area contributed by atoms with E-state index in [-0.39, 0.29) is 23.6 Å². The van der Waals surface area contributed by atoms with E-state index in [4.69, 9.17) is 14.9 Å². The second kappa shape index (κ2) is 7.40. The SMILES string of the molecule is CCOC(=O)/C=N\N1C(=O)C(N)(O[Si](C)(C)C(C)(C)C)CC1CC1CC1. The molecule has 2 aliphatic rings. The first-order valence-corrected chi connectivity index (χ1v) is 12.3. The van der Waals surface area contributed by atoms with Gasteiger partial charge in [-0.05, 0) is 37.4 Å². The van der Waals surface area contributed by atoms with Crippen LogP contribution in [0, 0.1) is 5.92 Å². The Morgan fingerprint density at radius 3 is 2.54 bits per heavy atom. The first kappa shape index (κ1) is 21.1. The highest BCUT2D eigenvalue weighted by Crippen LogP contribution is 2.44. The summed E-state index contributed by atoms with van der Waals surface area (Å²) in [7, 11) is -2.24. The van der Waals surface area contributed by atoms with Crippen molar-refractivity contribution in [2.24, 2.45) is 16.8 Å². The molecule has 148 valence electrons. The molecule has 0 aromatic heterocycles. The van der Waals surface area contributed by atoms with Crippen molar-refractivity contribution in [2.45, 2.75) is 83.3 Å². The van der Waals surface area contributed by atoms with Gasteiger partial charge in [0.05, 0.1) is 12.6 Å². The molecule has 1 amide bonds. The Hall–Kier alpha value is -1.25. The number of hydrogen-bond acceptors (Lipinski definition) is 6. The maximum atomic E-state index is 13.0. The largest absolute Gasteiger partial charge is 0.462 e. The lowest BCUT2D eigenvalue weighted by Crippen LogP contribution is -2.58. The number of nitrogens with zero attached hydrogens (tertiary/aromatic N) is 2. The zero-order valence-corrected chi connectivity index (χ0v) is 17.9. The molecular weight excluding hydrogens is 350 g/mol. The van der Waals surface area contributed by atoms with Crippen molar-refractivity contribution in [3.63, 3.8) is 0 Å². The van der Waals surface area contributed by atoms with Crippen molar-refractivity contribution in [3.05, 3.63) is 0 Å². The van der Waals surface area contributed by atoms with Crippen LogP contribution >= 0.6 is 0 Å². The molecule has 0 radical (unpaired) electrons. The number of hydrogen-bond donors (Lipinski definition) is 1. The van der Waals surface area contributed by atoms with E-state index in [0.29, 0.717) is 12.3 Å². The molecule has 1 aliphatic heterocycles. The third kappa shape index (κ3) is 4.72. The van der Waals surface area contributed by atoms with Crippen LogP contribution in [0.4, 0.5) is 0 Å². The van der Waals surface area contributed by atoms with Crippen LogP contribution in [0.25, 0.3) is 0 Å². The molecule has 0 aromatic rings. The van der Waals surface area contributed by atoms with E-state index in [1.54, 1.807) is 6.92 Å². The highest BCUT2D eigenvalue weighted by atomic mass is 28.4. The first-order chi connectivity index (χ1) is 11.9. The van der Waals surface area contributed by atoms with Gasteiger partial charge in [-0.25, -0.2) is 9.80 Å². The smallest absolute Gasteiger partial charge is 0.351 e. The van der Waals surface area contributed by atoms with Gasteiger partial charge in [0.2, 0.25) is 0 Å². The number of carbonyl (C=O) groups excluding carboxylic acids is 2. The molecule has 0 bridgehead atoms. The number of amides is 1. The third-order valence-electron chi connectivity index (χ3n) is 5.57. The quantitative estimate of drug-likeness (QED) is 0.316. The average molecular weight is 384 g/mol. The highest BCUT2D eigenvalue weighted by Gasteiger charge is 2.55. The average Bonchev–Trinajstić information content (AvgIpc) is 3.25. The minimum absolute atomic E-state index is 0.0622. The van der Waals surface area contributed by atoms with Crippen LogP contribution in [0.5, 0.6) is 0 Å². The van der Waals surface area contributed by atoms with Gasteiger partial charge in [-0.15, -0.1) is 0 Å². The molecule has 0 spiro atoms. The van der Waals surface area contributed by atoms with Crippen molar-refractivity contribution >= 4 is 26.4 Å². The summed E-state index contributed by atoms with van der Waals surface area (Å²) in [4.78, 5) is 24.7. The van der Waals surface area contributed by atoms with Gasteiger partial charge in [0.15, 0.2) is 14.0 Å². The molecule has 26 heavy (non-hydrogen) atoms. The van der Waals surface area contributed by atoms with Crippen LogP contribution in [0.3, 0.4) is 0 Å². The van der Waals surface area contributed by atoms with Gasteiger partial charge < -0.3 is 9.16 Å². The minimum Gasteiger partial charge on any atom is -0.462 e. The van der Waals surface area contributed by atoms with Gasteiger partial charge in [0.1, 0.15) is 6.21 Å². The lowest BCUT2D eigenvalue weighted by molar-refractivity contribution is -0.142. The molecule has 1 saturated carbocycles. The van der Waals surface area contributed by atoms with Crippen LogP contribution in [-0.4, -0.2) is 49.8 Å². The van der Waals surface area contributed by atoms with E-state index in [1.165, 1.54) is 17.9 Å². The molecule has 7 nitrogen and oxygen atoms in total. The summed E-state index contributed by atoms with van der Waals surface area (Å²) in [5, 5.41) is 5.40. The van der Waals surface area contributed by atoms with Crippen LogP contribution in [0.1, 0.15) is 53.4 Å². The Morgan fingerprint density at radius 1 is 1.42 bits per heavy atom. The lowest BCUT2D eigenvalue weighted by atomic mass is 10.1. The van der Waals surface area contributed by atoms with E-state index in [0.717, 1.165) is 12.6 Å². The second-order valence-electron chi connectivity index (χ2n) is 8.94. The van der Waals surface area contributed by atoms with Crippen molar-refractivity contribution in [1.82, 2.24) is 5.01 Å². The van der Waals surface area contributed by atoms with E-state index in [9.17, 15) is 9.59 Å². The number of ether oxygens (including phenoxy) is 1. The van der Waals surface area contributed by atoms with Gasteiger partial charge in [0.25, 0.3) is 5.91 Å². The number of esters is 1. The van der Waals surface area contributed by atoms with Gasteiger partial charge in [-0.2, -0.15) is 5.10 Å². The van der Waals surface area contributed by atoms with Crippen LogP contribution in [0.2, 0.25) is 18.1 Å². The molecule has 1 saturated heterocycles. The van der Waals surface area contributed by atoms with Crippen molar-refractivity contribution in [2.75, 3.05) is 6.61 Å². The maximum Gasteiger partial charge on any atom is 0.351 e. The molecule has 8 heteroatoms. The Morgan fingerprint density at radius 2 is 2.04 bits per heavy atom. The van der Waals surface area contributed by atoms with Gasteiger partial charge in [0, 0.05) is 6.42 Å². The maximum absolute atomic E-state index is 13.0. The summed E-state index contributed by atoms with van der Waals surface area (Å²) in [6.45, 7) is 12.5. The third-order valence-corrected chi connectivity index (χ3v) is 10.1. The van der Waals surface area contributed by atoms with E-state index >= 15 is 0 Å². The molecule has 1 aliphatic carbocycles. The predicted molar refractivity (Wildman–Crippen MR) is 103 cm³/mol. The molecule has 1 heterocycles. The van der Waals surface area contributed by atoms with E-state index < -0.39 is 20.0 Å². The van der Waals surface area contributed by atoms with E-state index in [1.807, 2.05) is 0 Å². The molecule has 2 N–H and O–H groups in total. The summed E-state index contributed by atoms with van der Waals surface area (Å²) in [5.41, 5.74) is 5.08. The monoisotopic (exact) mass is 383 g/mol. The van der Waals surface area contributed by atoms with Gasteiger partial charge in [-0.3, -0.25) is 10.5 Å². The molecule has 2 fully saturated rings. The highest BCUT2D eigenvalue weighted by molar-refractivity contribution is 6.74. The molecule has 2 rings (SSSR count). The number of hydrazone groups is 1. The minimum atomic E-state index is -2.24. The zero-order valence-electron chi connectivity index (χ0n) is 16.9. The Kier molecular flexibility index (Phi) is 5.99. The number of nitrogens with two attached hydrogens (primary N) is 1. The fraction of sp³-hybridized carbons (Fsp3) is 0.833.